The Bertz CT molecular complexity index is 1470. The van der Waals surface area contributed by atoms with Crippen LogP contribution < -0.4 is 15.5 Å². The summed E-state index contributed by atoms with van der Waals surface area (Å²) in [7, 11) is 2.00. The molecule has 0 aliphatic carbocycles. The van der Waals surface area contributed by atoms with Gasteiger partial charge in [-0.1, -0.05) is 16.8 Å². The molecule has 44 heavy (non-hydrogen) atoms. The number of piperazine rings is 1. The molecule has 0 unspecified atom stereocenters. The summed E-state index contributed by atoms with van der Waals surface area (Å²) in [5, 5.41) is 13.2. The summed E-state index contributed by atoms with van der Waals surface area (Å²) in [6, 6.07) is 7.21. The van der Waals surface area contributed by atoms with E-state index in [0.717, 1.165) is 51.3 Å². The lowest BCUT2D eigenvalue weighted by molar-refractivity contribution is -0.141. The zero-order chi connectivity index (χ0) is 31.3. The normalized spacial score (nSPS) is 16.6. The summed E-state index contributed by atoms with van der Waals surface area (Å²) in [4.78, 5) is 35.8. The maximum atomic E-state index is 13.7. The Morgan fingerprint density at radius 2 is 1.77 bits per heavy atom. The number of alkyl halides is 3. The van der Waals surface area contributed by atoms with E-state index >= 15 is 0 Å². The number of ether oxygens (including phenoxy) is 1. The average Bonchev–Trinajstić information content (AvgIpc) is 3.50. The van der Waals surface area contributed by atoms with Crippen molar-refractivity contribution in [3.05, 3.63) is 58.6 Å². The van der Waals surface area contributed by atoms with Crippen molar-refractivity contribution < 1.29 is 27.5 Å². The lowest BCUT2D eigenvalue weighted by Crippen LogP contribution is -2.44. The number of aromatic nitrogens is 4. The van der Waals surface area contributed by atoms with Crippen LogP contribution in [-0.4, -0.2) is 114 Å². The highest BCUT2D eigenvalue weighted by molar-refractivity contribution is 6.29. The summed E-state index contributed by atoms with van der Waals surface area (Å²) in [5.74, 6) is -1.37. The number of pyridine rings is 1. The second kappa shape index (κ2) is 13.9. The van der Waals surface area contributed by atoms with Crippen LogP contribution in [0.2, 0.25) is 5.15 Å². The maximum Gasteiger partial charge on any atom is 0.434 e. The molecule has 0 bridgehead atoms. The number of hydrogen-bond donors (Lipinski definition) is 2. The maximum absolute atomic E-state index is 13.7. The lowest BCUT2D eigenvalue weighted by atomic mass is 10.1. The Labute approximate surface area is 257 Å². The van der Waals surface area contributed by atoms with Crippen molar-refractivity contribution in [1.29, 1.82) is 0 Å². The van der Waals surface area contributed by atoms with Gasteiger partial charge in [-0.2, -0.15) is 13.2 Å². The van der Waals surface area contributed by atoms with Gasteiger partial charge in [0.2, 0.25) is 0 Å². The molecule has 2 N–H and O–H groups in total. The van der Waals surface area contributed by atoms with Gasteiger partial charge in [-0.25, -0.2) is 9.67 Å². The van der Waals surface area contributed by atoms with Crippen LogP contribution in [0.3, 0.4) is 0 Å². The highest BCUT2D eigenvalue weighted by Crippen LogP contribution is 2.34. The molecule has 0 saturated carbocycles. The molecular weight excluding hydrogens is 603 g/mol. The van der Waals surface area contributed by atoms with Crippen molar-refractivity contribution >= 4 is 34.8 Å². The molecule has 2 amide bonds. The first-order valence-electron chi connectivity index (χ1n) is 14.2. The third-order valence-electron chi connectivity index (χ3n) is 7.48. The fourth-order valence-electron chi connectivity index (χ4n) is 5.03. The summed E-state index contributed by atoms with van der Waals surface area (Å²) in [6.07, 6.45) is -2.66. The van der Waals surface area contributed by atoms with E-state index < -0.39 is 23.3 Å². The van der Waals surface area contributed by atoms with E-state index in [0.29, 0.717) is 44.2 Å². The number of nitrogens with zero attached hydrogens (tertiary/aromatic N) is 7. The molecule has 2 saturated heterocycles. The Kier molecular flexibility index (Phi) is 9.98. The van der Waals surface area contributed by atoms with Crippen molar-refractivity contribution in [3.8, 4) is 5.69 Å². The number of likely N-dealkylation sites (N-methyl/N-ethyl adjacent to an activating group) is 1. The smallest absolute Gasteiger partial charge is 0.379 e. The number of nitrogens with one attached hydrogen (secondary N) is 2. The summed E-state index contributed by atoms with van der Waals surface area (Å²) >= 11 is 5.70. The van der Waals surface area contributed by atoms with Crippen LogP contribution >= 0.6 is 11.6 Å². The molecule has 0 spiro atoms. The molecule has 0 atom stereocenters. The third-order valence-corrected chi connectivity index (χ3v) is 7.69. The van der Waals surface area contributed by atoms with Gasteiger partial charge >= 0.3 is 6.18 Å². The van der Waals surface area contributed by atoms with E-state index in [4.69, 9.17) is 16.3 Å². The van der Waals surface area contributed by atoms with Gasteiger partial charge < -0.3 is 25.2 Å². The van der Waals surface area contributed by atoms with Crippen molar-refractivity contribution in [2.45, 2.75) is 12.6 Å². The minimum atomic E-state index is -4.89. The molecule has 0 radical (unpaired) electrons. The second-order valence-corrected chi connectivity index (χ2v) is 11.0. The van der Waals surface area contributed by atoms with E-state index in [1.54, 1.807) is 18.2 Å². The fourth-order valence-corrected chi connectivity index (χ4v) is 5.18. The van der Waals surface area contributed by atoms with Crippen LogP contribution in [0, 0.1) is 0 Å². The summed E-state index contributed by atoms with van der Waals surface area (Å²) in [5.41, 5.74) is -0.593. The van der Waals surface area contributed by atoms with Crippen molar-refractivity contribution in [1.82, 2.24) is 35.1 Å². The van der Waals surface area contributed by atoms with Crippen molar-refractivity contribution in [2.75, 3.05) is 82.8 Å². The van der Waals surface area contributed by atoms with Gasteiger partial charge in [0, 0.05) is 45.8 Å². The number of benzene rings is 1. The first-order valence-corrected chi connectivity index (χ1v) is 14.6. The molecule has 16 heteroatoms. The highest BCUT2D eigenvalue weighted by Gasteiger charge is 2.38. The first kappa shape index (κ1) is 31.6. The number of halogens is 4. The zero-order valence-electron chi connectivity index (χ0n) is 24.1. The van der Waals surface area contributed by atoms with Gasteiger partial charge in [-0.05, 0) is 50.3 Å². The topological polar surface area (TPSA) is 121 Å². The van der Waals surface area contributed by atoms with Gasteiger partial charge in [-0.3, -0.25) is 14.5 Å². The molecular formula is C28H33ClF3N9O3. The molecule has 4 heterocycles. The van der Waals surface area contributed by atoms with Gasteiger partial charge in [0.1, 0.15) is 5.15 Å². The van der Waals surface area contributed by atoms with Crippen LogP contribution in [-0.2, 0) is 10.9 Å². The Balaban J connectivity index is 1.34. The Morgan fingerprint density at radius 1 is 1.02 bits per heavy atom. The summed E-state index contributed by atoms with van der Waals surface area (Å²) < 4.78 is 47.8. The first-order chi connectivity index (χ1) is 21.1. The number of amides is 2. The predicted octanol–water partition coefficient (Wildman–Crippen LogP) is 2.79. The minimum absolute atomic E-state index is 0.104. The van der Waals surface area contributed by atoms with Gasteiger partial charge in [0.05, 0.1) is 42.0 Å². The average molecular weight is 636 g/mol. The van der Waals surface area contributed by atoms with Crippen molar-refractivity contribution in [2.24, 2.45) is 0 Å². The molecule has 2 fully saturated rings. The van der Waals surface area contributed by atoms with E-state index in [2.05, 4.69) is 35.7 Å². The molecule has 2 aromatic heterocycles. The molecule has 2 aliphatic heterocycles. The number of anilines is 2. The van der Waals surface area contributed by atoms with Gasteiger partial charge in [0.15, 0.2) is 11.4 Å². The largest absolute Gasteiger partial charge is 0.434 e. The van der Waals surface area contributed by atoms with Crippen LogP contribution in [0.15, 0.2) is 36.5 Å². The molecule has 3 aromatic rings. The quantitative estimate of drug-likeness (QED) is 0.270. The van der Waals surface area contributed by atoms with Gasteiger partial charge in [-0.15, -0.1) is 5.10 Å². The van der Waals surface area contributed by atoms with E-state index in [1.807, 2.05) is 11.9 Å². The highest BCUT2D eigenvalue weighted by atomic mass is 35.5. The Morgan fingerprint density at radius 3 is 2.50 bits per heavy atom. The molecule has 2 aliphatic rings. The minimum Gasteiger partial charge on any atom is -0.379 e. The third kappa shape index (κ3) is 7.83. The molecule has 236 valence electrons. The van der Waals surface area contributed by atoms with E-state index in [9.17, 15) is 22.8 Å². The van der Waals surface area contributed by atoms with E-state index in [1.165, 1.54) is 10.9 Å². The molecule has 12 nitrogen and oxygen atoms in total. The number of morpholine rings is 1. The standard InChI is InChI=1S/C28H33ClF3N9O3/c1-38-9-11-40(12-10-38)23-5-3-19(17-21(23)34-26(42)20-4-6-24(29)35-25(20)28(30,31)32)41-18-22(36-37-41)27(43)33-7-2-8-39-13-15-44-16-14-39/h3-6,17-18H,2,7-16H2,1H3,(H,33,43)(H,34,42). The SMILES string of the molecule is CN1CCN(c2ccc(-n3cc(C(=O)NCCCN4CCOCC4)nn3)cc2NC(=O)c2ccc(Cl)nc2C(F)(F)F)CC1. The summed E-state index contributed by atoms with van der Waals surface area (Å²) in [6.45, 7) is 7.32. The number of carbonyl (C=O) groups excluding carboxylic acids is 2. The van der Waals surface area contributed by atoms with Crippen LogP contribution in [0.1, 0.15) is 33.0 Å². The second-order valence-electron chi connectivity index (χ2n) is 10.6. The fraction of sp³-hybridized carbons (Fsp3) is 0.464. The monoisotopic (exact) mass is 635 g/mol. The molecule has 1 aromatic carbocycles. The zero-order valence-corrected chi connectivity index (χ0v) is 24.9. The number of carbonyl (C=O) groups is 2. The van der Waals surface area contributed by atoms with Crippen LogP contribution in [0.25, 0.3) is 5.69 Å². The molecule has 5 rings (SSSR count). The van der Waals surface area contributed by atoms with Gasteiger partial charge in [0.25, 0.3) is 11.8 Å². The van der Waals surface area contributed by atoms with E-state index in [-0.39, 0.29) is 22.4 Å². The lowest BCUT2D eigenvalue weighted by Gasteiger charge is -2.35. The van der Waals surface area contributed by atoms with Crippen LogP contribution in [0.5, 0.6) is 0 Å². The number of hydrogen-bond acceptors (Lipinski definition) is 9. The Hall–Kier alpha value is -3.79. The van der Waals surface area contributed by atoms with Crippen LogP contribution in [0.4, 0.5) is 24.5 Å². The predicted molar refractivity (Wildman–Crippen MR) is 157 cm³/mol. The number of rotatable bonds is 9. The van der Waals surface area contributed by atoms with Crippen molar-refractivity contribution in [3.63, 3.8) is 0 Å².